The minimum absolute atomic E-state index is 0.876. The van der Waals surface area contributed by atoms with Crippen LogP contribution in [0, 0.1) is 0 Å². The molecule has 0 aliphatic rings. The van der Waals surface area contributed by atoms with E-state index in [0.29, 0.717) is 0 Å². The number of ether oxygens (including phenoxy) is 1. The standard InChI is InChI=1S/C10H23NOS/c1-11(8-6-9-12-2)7-4-3-5-10-13/h13H,3-10H2,1-2H3. The smallest absolute Gasteiger partial charge is 0.0474 e. The topological polar surface area (TPSA) is 12.5 Å². The first-order chi connectivity index (χ1) is 6.31. The Morgan fingerprint density at radius 3 is 2.38 bits per heavy atom. The van der Waals surface area contributed by atoms with Gasteiger partial charge in [0.2, 0.25) is 0 Å². The second-order valence-corrected chi connectivity index (χ2v) is 3.88. The van der Waals surface area contributed by atoms with Crippen LogP contribution in [0.3, 0.4) is 0 Å². The van der Waals surface area contributed by atoms with Crippen LogP contribution in [0.2, 0.25) is 0 Å². The quantitative estimate of drug-likeness (QED) is 0.457. The van der Waals surface area contributed by atoms with Gasteiger partial charge in [0.05, 0.1) is 0 Å². The molecule has 0 spiro atoms. The molecule has 3 heteroatoms. The molecule has 0 aliphatic heterocycles. The molecule has 0 N–H and O–H groups in total. The van der Waals surface area contributed by atoms with Gasteiger partial charge in [0.25, 0.3) is 0 Å². The van der Waals surface area contributed by atoms with Crippen molar-refractivity contribution in [3.63, 3.8) is 0 Å². The van der Waals surface area contributed by atoms with Crippen LogP contribution in [0.1, 0.15) is 25.7 Å². The lowest BCUT2D eigenvalue weighted by molar-refractivity contribution is 0.179. The van der Waals surface area contributed by atoms with Crippen molar-refractivity contribution in [3.05, 3.63) is 0 Å². The van der Waals surface area contributed by atoms with Gasteiger partial charge in [-0.15, -0.1) is 0 Å². The summed E-state index contributed by atoms with van der Waals surface area (Å²) in [4.78, 5) is 2.37. The lowest BCUT2D eigenvalue weighted by Crippen LogP contribution is -2.21. The second kappa shape index (κ2) is 10.4. The first-order valence-corrected chi connectivity index (χ1v) is 5.73. The molecule has 2 nitrogen and oxygen atoms in total. The van der Waals surface area contributed by atoms with Gasteiger partial charge >= 0.3 is 0 Å². The molecule has 0 aromatic rings. The molecule has 0 atom stereocenters. The Hall–Kier alpha value is 0.270. The molecular formula is C10H23NOS. The maximum atomic E-state index is 5.00. The van der Waals surface area contributed by atoms with Crippen molar-refractivity contribution < 1.29 is 4.74 Å². The predicted molar refractivity (Wildman–Crippen MR) is 61.7 cm³/mol. The number of rotatable bonds is 9. The Labute approximate surface area is 88.1 Å². The van der Waals surface area contributed by atoms with E-state index in [-0.39, 0.29) is 0 Å². The van der Waals surface area contributed by atoms with Crippen LogP contribution in [0.4, 0.5) is 0 Å². The van der Waals surface area contributed by atoms with Gasteiger partial charge in [-0.05, 0) is 38.6 Å². The summed E-state index contributed by atoms with van der Waals surface area (Å²) in [5.41, 5.74) is 0. The molecule has 0 unspecified atom stereocenters. The highest BCUT2D eigenvalue weighted by Gasteiger charge is 1.96. The maximum Gasteiger partial charge on any atom is 0.0474 e. The predicted octanol–water partition coefficient (Wildman–Crippen LogP) is 2.05. The number of hydrogen-bond acceptors (Lipinski definition) is 3. The number of methoxy groups -OCH3 is 1. The maximum absolute atomic E-state index is 5.00. The molecular weight excluding hydrogens is 182 g/mol. The van der Waals surface area contributed by atoms with Gasteiger partial charge in [-0.25, -0.2) is 0 Å². The molecule has 0 fully saturated rings. The minimum atomic E-state index is 0.876. The fourth-order valence-electron chi connectivity index (χ4n) is 1.26. The van der Waals surface area contributed by atoms with Crippen molar-refractivity contribution in [2.75, 3.05) is 39.6 Å². The van der Waals surface area contributed by atoms with Crippen molar-refractivity contribution >= 4 is 12.6 Å². The van der Waals surface area contributed by atoms with E-state index in [1.165, 1.54) is 25.8 Å². The van der Waals surface area contributed by atoms with E-state index in [4.69, 9.17) is 4.74 Å². The highest BCUT2D eigenvalue weighted by Crippen LogP contribution is 1.99. The summed E-state index contributed by atoms with van der Waals surface area (Å²) in [6.45, 7) is 3.23. The second-order valence-electron chi connectivity index (χ2n) is 3.43. The highest BCUT2D eigenvalue weighted by molar-refractivity contribution is 7.80. The fraction of sp³-hybridized carbons (Fsp3) is 1.00. The van der Waals surface area contributed by atoms with E-state index in [9.17, 15) is 0 Å². The monoisotopic (exact) mass is 205 g/mol. The van der Waals surface area contributed by atoms with Crippen LogP contribution in [0.15, 0.2) is 0 Å². The third-order valence-corrected chi connectivity index (χ3v) is 2.40. The molecule has 0 aromatic carbocycles. The zero-order chi connectivity index (χ0) is 9.94. The van der Waals surface area contributed by atoms with E-state index in [0.717, 1.165) is 25.3 Å². The number of hydrogen-bond donors (Lipinski definition) is 1. The zero-order valence-corrected chi connectivity index (χ0v) is 9.85. The van der Waals surface area contributed by atoms with Crippen molar-refractivity contribution in [2.24, 2.45) is 0 Å². The van der Waals surface area contributed by atoms with Gasteiger partial charge < -0.3 is 9.64 Å². The van der Waals surface area contributed by atoms with E-state index < -0.39 is 0 Å². The third-order valence-electron chi connectivity index (χ3n) is 2.09. The first kappa shape index (κ1) is 13.3. The van der Waals surface area contributed by atoms with Crippen LogP contribution < -0.4 is 0 Å². The summed E-state index contributed by atoms with van der Waals surface area (Å²) >= 11 is 4.18. The van der Waals surface area contributed by atoms with E-state index in [2.05, 4.69) is 24.6 Å². The summed E-state index contributed by atoms with van der Waals surface area (Å²) in [5.74, 6) is 1.02. The molecule has 0 bridgehead atoms. The zero-order valence-electron chi connectivity index (χ0n) is 8.96. The Balaban J connectivity index is 3.05. The van der Waals surface area contributed by atoms with Crippen LogP contribution in [0.25, 0.3) is 0 Å². The average molecular weight is 205 g/mol. The van der Waals surface area contributed by atoms with E-state index in [1.54, 1.807) is 7.11 Å². The minimum Gasteiger partial charge on any atom is -0.385 e. The van der Waals surface area contributed by atoms with Crippen molar-refractivity contribution in [2.45, 2.75) is 25.7 Å². The molecule has 0 rings (SSSR count). The summed E-state index contributed by atoms with van der Waals surface area (Å²) in [6, 6.07) is 0. The normalized spacial score (nSPS) is 11.1. The average Bonchev–Trinajstić information content (AvgIpc) is 2.13. The van der Waals surface area contributed by atoms with Gasteiger partial charge in [0.15, 0.2) is 0 Å². The molecule has 0 aliphatic carbocycles. The van der Waals surface area contributed by atoms with E-state index >= 15 is 0 Å². The summed E-state index contributed by atoms with van der Waals surface area (Å²) < 4.78 is 5.00. The van der Waals surface area contributed by atoms with Crippen molar-refractivity contribution in [1.29, 1.82) is 0 Å². The Morgan fingerprint density at radius 1 is 1.08 bits per heavy atom. The SMILES string of the molecule is COCCCN(C)CCCCCS. The van der Waals surface area contributed by atoms with Crippen LogP contribution in [0.5, 0.6) is 0 Å². The molecule has 0 radical (unpaired) electrons. The van der Waals surface area contributed by atoms with Crippen LogP contribution in [-0.4, -0.2) is 44.5 Å². The highest BCUT2D eigenvalue weighted by atomic mass is 32.1. The summed E-state index contributed by atoms with van der Waals surface area (Å²) in [7, 11) is 3.93. The lowest BCUT2D eigenvalue weighted by Gasteiger charge is -2.15. The molecule has 0 saturated heterocycles. The van der Waals surface area contributed by atoms with Gasteiger partial charge in [-0.3, -0.25) is 0 Å². The van der Waals surface area contributed by atoms with Gasteiger partial charge in [0.1, 0.15) is 0 Å². The molecule has 80 valence electrons. The summed E-state index contributed by atoms with van der Waals surface area (Å²) in [5, 5.41) is 0. The van der Waals surface area contributed by atoms with Crippen LogP contribution >= 0.6 is 12.6 Å². The van der Waals surface area contributed by atoms with Gasteiger partial charge in [-0.2, -0.15) is 12.6 Å². The van der Waals surface area contributed by atoms with Crippen molar-refractivity contribution in [3.8, 4) is 0 Å². The Bertz CT molecular complexity index is 101. The number of nitrogens with zero attached hydrogens (tertiary/aromatic N) is 1. The molecule has 0 amide bonds. The third kappa shape index (κ3) is 10.2. The summed E-state index contributed by atoms with van der Waals surface area (Å²) in [6.07, 6.45) is 4.98. The van der Waals surface area contributed by atoms with Gasteiger partial charge in [-0.1, -0.05) is 6.42 Å². The fourth-order valence-corrected chi connectivity index (χ4v) is 1.48. The molecule has 13 heavy (non-hydrogen) atoms. The van der Waals surface area contributed by atoms with Crippen LogP contribution in [-0.2, 0) is 4.74 Å². The molecule has 0 saturated carbocycles. The van der Waals surface area contributed by atoms with Gasteiger partial charge in [0, 0.05) is 20.3 Å². The molecule has 0 aromatic heterocycles. The lowest BCUT2D eigenvalue weighted by atomic mass is 10.2. The Morgan fingerprint density at radius 2 is 1.77 bits per heavy atom. The van der Waals surface area contributed by atoms with Crippen molar-refractivity contribution in [1.82, 2.24) is 4.90 Å². The number of thiol groups is 1. The molecule has 0 heterocycles. The number of unbranched alkanes of at least 4 members (excludes halogenated alkanes) is 2. The first-order valence-electron chi connectivity index (χ1n) is 5.09. The van der Waals surface area contributed by atoms with E-state index in [1.807, 2.05) is 0 Å². The largest absolute Gasteiger partial charge is 0.385 e. The Kier molecular flexibility index (Phi) is 10.6.